The first-order valence-corrected chi connectivity index (χ1v) is 10.1. The molecule has 5 nitrogen and oxygen atoms in total. The number of benzene rings is 2. The Morgan fingerprint density at radius 3 is 2.63 bits per heavy atom. The van der Waals surface area contributed by atoms with Crippen molar-refractivity contribution in [3.05, 3.63) is 48.0 Å². The Hall–Kier alpha value is -1.95. The zero-order valence-corrected chi connectivity index (χ0v) is 16.2. The molecule has 2 aromatic carbocycles. The molecular formula is C22H30N4O. The van der Waals surface area contributed by atoms with Gasteiger partial charge in [0.1, 0.15) is 0 Å². The topological polar surface area (TPSA) is 38.8 Å². The molecule has 1 N–H and O–H groups in total. The van der Waals surface area contributed by atoms with Gasteiger partial charge in [0.2, 0.25) is 5.91 Å². The van der Waals surface area contributed by atoms with Crippen LogP contribution in [0.4, 0.5) is 0 Å². The average Bonchev–Trinajstić information content (AvgIpc) is 2.70. The number of carbonyl (C=O) groups is 1. The number of piperazine rings is 2. The second-order valence-corrected chi connectivity index (χ2v) is 7.82. The molecule has 2 aliphatic heterocycles. The highest BCUT2D eigenvalue weighted by Gasteiger charge is 2.25. The number of amides is 1. The van der Waals surface area contributed by atoms with E-state index in [4.69, 9.17) is 0 Å². The van der Waals surface area contributed by atoms with Crippen LogP contribution in [-0.4, -0.2) is 79.0 Å². The summed E-state index contributed by atoms with van der Waals surface area (Å²) in [7, 11) is 0. The molecule has 0 saturated carbocycles. The van der Waals surface area contributed by atoms with E-state index in [1.165, 1.54) is 16.3 Å². The van der Waals surface area contributed by atoms with Gasteiger partial charge in [-0.15, -0.1) is 0 Å². The van der Waals surface area contributed by atoms with Crippen LogP contribution in [0.3, 0.4) is 0 Å². The molecule has 2 aromatic rings. The van der Waals surface area contributed by atoms with Crippen LogP contribution in [-0.2, 0) is 11.3 Å². The van der Waals surface area contributed by atoms with E-state index in [1.54, 1.807) is 0 Å². The van der Waals surface area contributed by atoms with Gasteiger partial charge >= 0.3 is 0 Å². The summed E-state index contributed by atoms with van der Waals surface area (Å²) in [5.41, 5.74) is 1.38. The number of nitrogens with zero attached hydrogens (tertiary/aromatic N) is 3. The van der Waals surface area contributed by atoms with Gasteiger partial charge < -0.3 is 10.2 Å². The van der Waals surface area contributed by atoms with Gasteiger partial charge in [-0.2, -0.15) is 0 Å². The molecule has 0 bridgehead atoms. The van der Waals surface area contributed by atoms with Crippen molar-refractivity contribution in [2.45, 2.75) is 19.5 Å². The summed E-state index contributed by atoms with van der Waals surface area (Å²) in [5, 5.41) is 6.02. The third-order valence-electron chi connectivity index (χ3n) is 5.98. The number of nitrogens with one attached hydrogen (secondary N) is 1. The van der Waals surface area contributed by atoms with E-state index in [1.807, 2.05) is 4.90 Å². The van der Waals surface area contributed by atoms with E-state index in [0.29, 0.717) is 12.6 Å². The van der Waals surface area contributed by atoms with Gasteiger partial charge in [0.15, 0.2) is 0 Å². The van der Waals surface area contributed by atoms with E-state index in [0.717, 1.165) is 52.4 Å². The summed E-state index contributed by atoms with van der Waals surface area (Å²) in [6.45, 7) is 10.2. The molecule has 144 valence electrons. The Bertz CT molecular complexity index is 779. The van der Waals surface area contributed by atoms with Crippen molar-refractivity contribution < 1.29 is 4.79 Å². The lowest BCUT2D eigenvalue weighted by Gasteiger charge is -2.38. The van der Waals surface area contributed by atoms with Crippen LogP contribution in [0.5, 0.6) is 0 Å². The molecule has 27 heavy (non-hydrogen) atoms. The van der Waals surface area contributed by atoms with Crippen LogP contribution in [0.15, 0.2) is 42.5 Å². The number of carbonyl (C=O) groups excluding carboxylic acids is 1. The normalized spacial score (nSPS) is 22.3. The fourth-order valence-corrected chi connectivity index (χ4v) is 4.22. The van der Waals surface area contributed by atoms with Crippen molar-refractivity contribution in [1.29, 1.82) is 0 Å². The van der Waals surface area contributed by atoms with E-state index in [9.17, 15) is 4.79 Å². The minimum atomic E-state index is 0.286. The van der Waals surface area contributed by atoms with Crippen LogP contribution >= 0.6 is 0 Å². The van der Waals surface area contributed by atoms with E-state index in [2.05, 4.69) is 64.5 Å². The Kier molecular flexibility index (Phi) is 5.72. The summed E-state index contributed by atoms with van der Waals surface area (Å²) in [5.74, 6) is 0.286. The predicted octanol–water partition coefficient (Wildman–Crippen LogP) is 1.78. The lowest BCUT2D eigenvalue weighted by atomic mass is 10.0. The minimum Gasteiger partial charge on any atom is -0.339 e. The Morgan fingerprint density at radius 2 is 1.81 bits per heavy atom. The smallest absolute Gasteiger partial charge is 0.236 e. The van der Waals surface area contributed by atoms with Gasteiger partial charge in [0.25, 0.3) is 0 Å². The first-order chi connectivity index (χ1) is 13.2. The SMILES string of the molecule is C[C@H]1CNCCN1CC(=O)N1CCN(Cc2cccc3ccccc23)CC1. The van der Waals surface area contributed by atoms with Gasteiger partial charge in [-0.3, -0.25) is 14.6 Å². The molecule has 2 fully saturated rings. The highest BCUT2D eigenvalue weighted by molar-refractivity contribution is 5.85. The predicted molar refractivity (Wildman–Crippen MR) is 110 cm³/mol. The Morgan fingerprint density at radius 1 is 1.04 bits per heavy atom. The van der Waals surface area contributed by atoms with E-state index >= 15 is 0 Å². The third kappa shape index (κ3) is 4.32. The van der Waals surface area contributed by atoms with Gasteiger partial charge in [-0.25, -0.2) is 0 Å². The maximum absolute atomic E-state index is 12.7. The lowest BCUT2D eigenvalue weighted by Crippen LogP contribution is -2.55. The summed E-state index contributed by atoms with van der Waals surface area (Å²) in [6, 6.07) is 15.6. The minimum absolute atomic E-state index is 0.286. The summed E-state index contributed by atoms with van der Waals surface area (Å²) < 4.78 is 0. The molecule has 4 rings (SSSR count). The summed E-state index contributed by atoms with van der Waals surface area (Å²) in [4.78, 5) is 19.5. The Balaban J connectivity index is 1.31. The number of rotatable bonds is 4. The molecule has 2 heterocycles. The first-order valence-electron chi connectivity index (χ1n) is 10.1. The second kappa shape index (κ2) is 8.38. The Labute approximate surface area is 161 Å². The molecule has 1 amide bonds. The molecule has 0 unspecified atom stereocenters. The number of fused-ring (bicyclic) bond motifs is 1. The zero-order chi connectivity index (χ0) is 18.6. The van der Waals surface area contributed by atoms with Gasteiger partial charge in [-0.1, -0.05) is 42.5 Å². The van der Waals surface area contributed by atoms with Gasteiger partial charge in [0, 0.05) is 58.4 Å². The summed E-state index contributed by atoms with van der Waals surface area (Å²) in [6.07, 6.45) is 0. The lowest BCUT2D eigenvalue weighted by molar-refractivity contribution is -0.135. The molecule has 1 atom stereocenters. The monoisotopic (exact) mass is 366 g/mol. The number of hydrogen-bond donors (Lipinski definition) is 1. The van der Waals surface area contributed by atoms with Crippen LogP contribution in [0, 0.1) is 0 Å². The molecule has 2 aliphatic rings. The molecule has 0 aliphatic carbocycles. The highest BCUT2D eigenvalue weighted by Crippen LogP contribution is 2.20. The van der Waals surface area contributed by atoms with E-state index in [-0.39, 0.29) is 5.91 Å². The van der Waals surface area contributed by atoms with Crippen molar-refractivity contribution in [2.24, 2.45) is 0 Å². The van der Waals surface area contributed by atoms with Crippen molar-refractivity contribution in [2.75, 3.05) is 52.4 Å². The van der Waals surface area contributed by atoms with Crippen molar-refractivity contribution in [1.82, 2.24) is 20.0 Å². The maximum Gasteiger partial charge on any atom is 0.236 e. The molecule has 2 saturated heterocycles. The van der Waals surface area contributed by atoms with Crippen molar-refractivity contribution >= 4 is 16.7 Å². The average molecular weight is 367 g/mol. The highest BCUT2D eigenvalue weighted by atomic mass is 16.2. The zero-order valence-electron chi connectivity index (χ0n) is 16.2. The molecule has 0 spiro atoms. The van der Waals surface area contributed by atoms with E-state index < -0.39 is 0 Å². The van der Waals surface area contributed by atoms with Gasteiger partial charge in [-0.05, 0) is 23.3 Å². The quantitative estimate of drug-likeness (QED) is 0.895. The number of hydrogen-bond acceptors (Lipinski definition) is 4. The van der Waals surface area contributed by atoms with Gasteiger partial charge in [0.05, 0.1) is 6.54 Å². The molecule has 5 heteroatoms. The maximum atomic E-state index is 12.7. The first kappa shape index (κ1) is 18.4. The van der Waals surface area contributed by atoms with Crippen LogP contribution in [0.25, 0.3) is 10.8 Å². The van der Waals surface area contributed by atoms with Crippen LogP contribution in [0.2, 0.25) is 0 Å². The van der Waals surface area contributed by atoms with Crippen molar-refractivity contribution in [3.8, 4) is 0 Å². The van der Waals surface area contributed by atoms with Crippen LogP contribution < -0.4 is 5.32 Å². The third-order valence-corrected chi connectivity index (χ3v) is 5.98. The standard InChI is InChI=1S/C22H30N4O/c1-18-15-23-9-10-26(18)17-22(27)25-13-11-24(12-14-25)16-20-7-4-6-19-5-2-3-8-21(19)20/h2-8,18,23H,9-17H2,1H3/t18-/m0/s1. The second-order valence-electron chi connectivity index (χ2n) is 7.82. The van der Waals surface area contributed by atoms with Crippen LogP contribution in [0.1, 0.15) is 12.5 Å². The largest absolute Gasteiger partial charge is 0.339 e. The molecular weight excluding hydrogens is 336 g/mol. The summed E-state index contributed by atoms with van der Waals surface area (Å²) >= 11 is 0. The molecule has 0 radical (unpaired) electrons. The fourth-order valence-electron chi connectivity index (χ4n) is 4.22. The fraction of sp³-hybridized carbons (Fsp3) is 0.500. The molecule has 0 aromatic heterocycles. The van der Waals surface area contributed by atoms with Crippen molar-refractivity contribution in [3.63, 3.8) is 0 Å².